The van der Waals surface area contributed by atoms with Crippen molar-refractivity contribution < 1.29 is 14.0 Å². The number of halogens is 1. The first-order valence-corrected chi connectivity index (χ1v) is 8.29. The summed E-state index contributed by atoms with van der Waals surface area (Å²) in [6, 6.07) is 6.73. The molecule has 0 saturated heterocycles. The molecule has 0 aliphatic carbocycles. The van der Waals surface area contributed by atoms with E-state index >= 15 is 0 Å². The second kappa shape index (κ2) is 8.48. The van der Waals surface area contributed by atoms with Crippen molar-refractivity contribution in [3.8, 4) is 11.1 Å². The Balaban J connectivity index is 2.78. The first-order chi connectivity index (χ1) is 12.0. The summed E-state index contributed by atoms with van der Waals surface area (Å²) in [5, 5.41) is 5.37. The summed E-state index contributed by atoms with van der Waals surface area (Å²) >= 11 is 5.92. The number of nitrogens with one attached hydrogen (secondary N) is 2. The molecule has 0 unspecified atom stereocenters. The quantitative estimate of drug-likeness (QED) is 0.738. The Hall–Kier alpha value is -2.60. The van der Waals surface area contributed by atoms with Crippen LogP contribution in [0.25, 0.3) is 11.1 Å². The van der Waals surface area contributed by atoms with Crippen molar-refractivity contribution in [3.63, 3.8) is 0 Å². The number of carbonyl (C=O) groups is 2. The number of hydrogen-bond donors (Lipinski definition) is 2. The fraction of sp³-hybridized carbons (Fsp3) is 0.278. The molecular formula is C18H19ClN2O4. The SMILES string of the molecule is CCCCc1c(C(=O)NC=O)c(NC)oc(=O)c1-c1ccc(Cl)cc1. The van der Waals surface area contributed by atoms with Gasteiger partial charge in [-0.2, -0.15) is 0 Å². The minimum atomic E-state index is -0.621. The molecule has 0 bridgehead atoms. The van der Waals surface area contributed by atoms with Gasteiger partial charge in [-0.1, -0.05) is 37.1 Å². The number of anilines is 1. The molecule has 7 heteroatoms. The lowest BCUT2D eigenvalue weighted by atomic mass is 9.93. The molecule has 0 saturated carbocycles. The van der Waals surface area contributed by atoms with E-state index in [1.165, 1.54) is 0 Å². The molecule has 0 aliphatic rings. The van der Waals surface area contributed by atoms with E-state index in [0.717, 1.165) is 12.8 Å². The van der Waals surface area contributed by atoms with Crippen LogP contribution in [0.1, 0.15) is 35.7 Å². The third kappa shape index (κ3) is 4.09. The second-order valence-electron chi connectivity index (χ2n) is 5.40. The van der Waals surface area contributed by atoms with Gasteiger partial charge in [0.2, 0.25) is 12.3 Å². The number of rotatable bonds is 7. The lowest BCUT2D eigenvalue weighted by molar-refractivity contribution is -0.108. The molecular weight excluding hydrogens is 344 g/mol. The van der Waals surface area contributed by atoms with Gasteiger partial charge in [0, 0.05) is 12.1 Å². The smallest absolute Gasteiger partial charge is 0.345 e. The Morgan fingerprint density at radius 1 is 1.28 bits per heavy atom. The molecule has 132 valence electrons. The van der Waals surface area contributed by atoms with Crippen LogP contribution in [-0.4, -0.2) is 19.4 Å². The van der Waals surface area contributed by atoms with Gasteiger partial charge < -0.3 is 9.73 Å². The highest BCUT2D eigenvalue weighted by molar-refractivity contribution is 6.30. The summed E-state index contributed by atoms with van der Waals surface area (Å²) in [6.45, 7) is 2.01. The summed E-state index contributed by atoms with van der Waals surface area (Å²) in [5.74, 6) is -0.586. The monoisotopic (exact) mass is 362 g/mol. The molecule has 0 spiro atoms. The van der Waals surface area contributed by atoms with Crippen molar-refractivity contribution in [2.45, 2.75) is 26.2 Å². The maximum Gasteiger partial charge on any atom is 0.345 e. The average molecular weight is 363 g/mol. The Morgan fingerprint density at radius 3 is 2.52 bits per heavy atom. The van der Waals surface area contributed by atoms with E-state index in [2.05, 4.69) is 10.6 Å². The fourth-order valence-corrected chi connectivity index (χ4v) is 2.76. The highest BCUT2D eigenvalue weighted by Gasteiger charge is 2.24. The van der Waals surface area contributed by atoms with Crippen molar-refractivity contribution in [2.24, 2.45) is 0 Å². The van der Waals surface area contributed by atoms with Gasteiger partial charge in [0.25, 0.3) is 5.91 Å². The van der Waals surface area contributed by atoms with Gasteiger partial charge in [0.05, 0.1) is 5.56 Å². The molecule has 2 N–H and O–H groups in total. The van der Waals surface area contributed by atoms with Crippen LogP contribution in [0, 0.1) is 0 Å². The molecule has 0 fully saturated rings. The van der Waals surface area contributed by atoms with Gasteiger partial charge in [0.1, 0.15) is 5.56 Å². The number of hydrogen-bond acceptors (Lipinski definition) is 5. The van der Waals surface area contributed by atoms with E-state index < -0.39 is 11.5 Å². The van der Waals surface area contributed by atoms with Crippen LogP contribution >= 0.6 is 11.6 Å². The maximum absolute atomic E-state index is 12.6. The summed E-state index contributed by atoms with van der Waals surface area (Å²) in [6.07, 6.45) is 2.45. The zero-order valence-corrected chi connectivity index (χ0v) is 14.8. The number of carbonyl (C=O) groups excluding carboxylic acids is 2. The van der Waals surface area contributed by atoms with Gasteiger partial charge >= 0.3 is 5.63 Å². The normalized spacial score (nSPS) is 10.4. The predicted octanol–water partition coefficient (Wildman–Crippen LogP) is 3.23. The molecule has 25 heavy (non-hydrogen) atoms. The molecule has 0 radical (unpaired) electrons. The van der Waals surface area contributed by atoms with Crippen LogP contribution < -0.4 is 16.3 Å². The van der Waals surface area contributed by atoms with E-state index in [1.807, 2.05) is 6.92 Å². The van der Waals surface area contributed by atoms with E-state index in [9.17, 15) is 14.4 Å². The van der Waals surface area contributed by atoms with Gasteiger partial charge in [-0.05, 0) is 36.1 Å². The standard InChI is InChI=1S/C18H19ClN2O4/c1-3-4-5-13-14(11-6-8-12(19)9-7-11)18(24)25-17(20-2)15(13)16(23)21-10-22/h6-10,20H,3-5H2,1-2H3,(H,21,22,23). The van der Waals surface area contributed by atoms with Crippen LogP contribution in [0.4, 0.5) is 5.88 Å². The van der Waals surface area contributed by atoms with E-state index in [-0.39, 0.29) is 11.4 Å². The van der Waals surface area contributed by atoms with Crippen molar-refractivity contribution in [1.82, 2.24) is 5.32 Å². The summed E-state index contributed by atoms with van der Waals surface area (Å²) in [5.41, 5.74) is 1.06. The van der Waals surface area contributed by atoms with Crippen LogP contribution in [0.2, 0.25) is 5.02 Å². The Morgan fingerprint density at radius 2 is 1.96 bits per heavy atom. The first-order valence-electron chi connectivity index (χ1n) is 7.91. The summed E-state index contributed by atoms with van der Waals surface area (Å²) < 4.78 is 5.29. The second-order valence-corrected chi connectivity index (χ2v) is 5.84. The third-order valence-corrected chi connectivity index (χ3v) is 4.04. The number of imide groups is 1. The minimum Gasteiger partial charge on any atom is -0.405 e. The molecule has 0 aliphatic heterocycles. The lowest BCUT2D eigenvalue weighted by Crippen LogP contribution is -2.26. The average Bonchev–Trinajstić information content (AvgIpc) is 2.60. The van der Waals surface area contributed by atoms with Crippen LogP contribution in [0.5, 0.6) is 0 Å². The number of benzene rings is 1. The molecule has 1 aromatic heterocycles. The summed E-state index contributed by atoms with van der Waals surface area (Å²) in [4.78, 5) is 35.7. The van der Waals surface area contributed by atoms with Crippen LogP contribution in [-0.2, 0) is 11.2 Å². The number of amides is 2. The molecule has 6 nitrogen and oxygen atoms in total. The zero-order chi connectivity index (χ0) is 18.4. The molecule has 2 rings (SSSR count). The predicted molar refractivity (Wildman–Crippen MR) is 97.1 cm³/mol. The van der Waals surface area contributed by atoms with E-state index in [0.29, 0.717) is 34.5 Å². The van der Waals surface area contributed by atoms with Crippen molar-refractivity contribution in [3.05, 3.63) is 50.8 Å². The van der Waals surface area contributed by atoms with E-state index in [1.54, 1.807) is 31.3 Å². The van der Waals surface area contributed by atoms with Gasteiger partial charge in [-0.3, -0.25) is 14.9 Å². The summed E-state index contributed by atoms with van der Waals surface area (Å²) in [7, 11) is 1.54. The topological polar surface area (TPSA) is 88.4 Å². The molecule has 1 heterocycles. The first kappa shape index (κ1) is 18.7. The Bertz CT molecular complexity index is 828. The lowest BCUT2D eigenvalue weighted by Gasteiger charge is -2.15. The molecule has 1 aromatic carbocycles. The minimum absolute atomic E-state index is 0.0353. The Labute approximate surface area is 150 Å². The number of unbranched alkanes of at least 4 members (excludes halogenated alkanes) is 1. The largest absolute Gasteiger partial charge is 0.405 e. The van der Waals surface area contributed by atoms with Crippen molar-refractivity contribution in [2.75, 3.05) is 12.4 Å². The Kier molecular flexibility index (Phi) is 6.36. The van der Waals surface area contributed by atoms with Crippen molar-refractivity contribution >= 4 is 29.8 Å². The van der Waals surface area contributed by atoms with Gasteiger partial charge in [-0.15, -0.1) is 0 Å². The van der Waals surface area contributed by atoms with Crippen LogP contribution in [0.15, 0.2) is 33.5 Å². The molecule has 2 aromatic rings. The van der Waals surface area contributed by atoms with Gasteiger partial charge in [0.15, 0.2) is 0 Å². The third-order valence-electron chi connectivity index (χ3n) is 3.79. The van der Waals surface area contributed by atoms with Crippen molar-refractivity contribution in [1.29, 1.82) is 0 Å². The highest BCUT2D eigenvalue weighted by Crippen LogP contribution is 2.30. The van der Waals surface area contributed by atoms with Crippen LogP contribution in [0.3, 0.4) is 0 Å². The molecule has 2 amide bonds. The zero-order valence-electron chi connectivity index (χ0n) is 14.0. The highest BCUT2D eigenvalue weighted by atomic mass is 35.5. The van der Waals surface area contributed by atoms with Gasteiger partial charge in [-0.25, -0.2) is 4.79 Å². The maximum atomic E-state index is 12.6. The molecule has 0 atom stereocenters. The fourth-order valence-electron chi connectivity index (χ4n) is 2.63. The van der Waals surface area contributed by atoms with E-state index in [4.69, 9.17) is 16.0 Å².